The van der Waals surface area contributed by atoms with Gasteiger partial charge >= 0.3 is 0 Å². The lowest BCUT2D eigenvalue weighted by atomic mass is 10.1. The van der Waals surface area contributed by atoms with Crippen LogP contribution < -0.4 is 11.1 Å². The van der Waals surface area contributed by atoms with Crippen molar-refractivity contribution in [1.82, 2.24) is 4.98 Å². The smallest absolute Gasteiger partial charge is 0.124 e. The van der Waals surface area contributed by atoms with Crippen LogP contribution in [0.15, 0.2) is 29.1 Å². The van der Waals surface area contributed by atoms with E-state index in [0.717, 1.165) is 5.69 Å². The van der Waals surface area contributed by atoms with Crippen molar-refractivity contribution in [2.45, 2.75) is 6.54 Å². The number of aromatic nitrogens is 1. The molecule has 0 saturated heterocycles. The number of thiocarbonyl (C=S) groups is 1. The van der Waals surface area contributed by atoms with Crippen LogP contribution in [0.1, 0.15) is 11.3 Å². The van der Waals surface area contributed by atoms with Crippen LogP contribution in [0, 0.1) is 5.82 Å². The number of nitrogens with zero attached hydrogens (tertiary/aromatic N) is 1. The fourth-order valence-electron chi connectivity index (χ4n) is 1.39. The second-order valence-corrected chi connectivity index (χ2v) is 4.55. The maximum Gasteiger partial charge on any atom is 0.124 e. The van der Waals surface area contributed by atoms with Crippen molar-refractivity contribution >= 4 is 34.2 Å². The molecule has 0 atom stereocenters. The molecule has 1 heterocycles. The molecule has 2 aromatic rings. The molecule has 0 bridgehead atoms. The third-order valence-electron chi connectivity index (χ3n) is 2.19. The van der Waals surface area contributed by atoms with Crippen molar-refractivity contribution < 1.29 is 4.39 Å². The number of rotatable bonds is 4. The molecular formula is C11H10FN3S2. The van der Waals surface area contributed by atoms with E-state index in [0.29, 0.717) is 17.8 Å². The highest BCUT2D eigenvalue weighted by molar-refractivity contribution is 7.80. The van der Waals surface area contributed by atoms with Crippen LogP contribution in [0.2, 0.25) is 0 Å². The van der Waals surface area contributed by atoms with Gasteiger partial charge in [-0.05, 0) is 18.2 Å². The Morgan fingerprint density at radius 1 is 1.53 bits per heavy atom. The molecule has 0 unspecified atom stereocenters. The number of anilines is 1. The van der Waals surface area contributed by atoms with Crippen LogP contribution in [0.4, 0.5) is 10.1 Å². The predicted molar refractivity (Wildman–Crippen MR) is 71.7 cm³/mol. The van der Waals surface area contributed by atoms with E-state index in [4.69, 9.17) is 18.0 Å². The van der Waals surface area contributed by atoms with Crippen molar-refractivity contribution in [3.8, 4) is 0 Å². The first-order valence-corrected chi connectivity index (χ1v) is 6.22. The molecule has 0 aliphatic heterocycles. The zero-order valence-electron chi connectivity index (χ0n) is 8.81. The molecule has 0 spiro atoms. The lowest BCUT2D eigenvalue weighted by Crippen LogP contribution is -2.13. The van der Waals surface area contributed by atoms with Gasteiger partial charge in [-0.3, -0.25) is 0 Å². The van der Waals surface area contributed by atoms with E-state index in [2.05, 4.69) is 10.3 Å². The molecule has 0 fully saturated rings. The van der Waals surface area contributed by atoms with Gasteiger partial charge in [0.05, 0.1) is 17.7 Å². The number of thiazole rings is 1. The number of hydrogen-bond donors (Lipinski definition) is 2. The Morgan fingerprint density at radius 3 is 3.00 bits per heavy atom. The molecule has 0 aliphatic rings. The summed E-state index contributed by atoms with van der Waals surface area (Å²) >= 11 is 6.41. The lowest BCUT2D eigenvalue weighted by molar-refractivity contribution is 0.627. The van der Waals surface area contributed by atoms with Crippen LogP contribution in [0.25, 0.3) is 0 Å². The van der Waals surface area contributed by atoms with Crippen LogP contribution in [0.3, 0.4) is 0 Å². The van der Waals surface area contributed by atoms with Crippen molar-refractivity contribution in [2.24, 2.45) is 5.73 Å². The van der Waals surface area contributed by atoms with Gasteiger partial charge in [-0.25, -0.2) is 9.37 Å². The molecule has 6 heteroatoms. The van der Waals surface area contributed by atoms with Crippen LogP contribution >= 0.6 is 23.6 Å². The van der Waals surface area contributed by atoms with Gasteiger partial charge in [0.25, 0.3) is 0 Å². The zero-order valence-corrected chi connectivity index (χ0v) is 10.4. The molecule has 3 nitrogen and oxygen atoms in total. The minimum absolute atomic E-state index is 0.172. The molecule has 0 amide bonds. The minimum Gasteiger partial charge on any atom is -0.389 e. The first kappa shape index (κ1) is 11.9. The van der Waals surface area contributed by atoms with Gasteiger partial charge in [-0.15, -0.1) is 11.3 Å². The SMILES string of the molecule is NC(=S)c1cc(F)ccc1NCc1cscn1. The molecular weight excluding hydrogens is 257 g/mol. The Balaban J connectivity index is 2.17. The second-order valence-electron chi connectivity index (χ2n) is 3.39. The Labute approximate surface area is 107 Å². The average molecular weight is 267 g/mol. The van der Waals surface area contributed by atoms with Gasteiger partial charge in [-0.1, -0.05) is 12.2 Å². The van der Waals surface area contributed by atoms with Crippen molar-refractivity contribution in [2.75, 3.05) is 5.32 Å². The van der Waals surface area contributed by atoms with Gasteiger partial charge in [0, 0.05) is 16.6 Å². The first-order valence-electron chi connectivity index (χ1n) is 4.87. The molecule has 2 rings (SSSR count). The van der Waals surface area contributed by atoms with Crippen LogP contribution in [-0.4, -0.2) is 9.97 Å². The maximum absolute atomic E-state index is 13.1. The Morgan fingerprint density at radius 2 is 2.35 bits per heavy atom. The van der Waals surface area contributed by atoms with Gasteiger partial charge in [-0.2, -0.15) is 0 Å². The largest absolute Gasteiger partial charge is 0.389 e. The fraction of sp³-hybridized carbons (Fsp3) is 0.0909. The first-order chi connectivity index (χ1) is 8.16. The number of hydrogen-bond acceptors (Lipinski definition) is 4. The summed E-state index contributed by atoms with van der Waals surface area (Å²) in [5.74, 6) is -0.355. The van der Waals surface area contributed by atoms with E-state index in [9.17, 15) is 4.39 Å². The summed E-state index contributed by atoms with van der Waals surface area (Å²) in [6.45, 7) is 0.560. The van der Waals surface area contributed by atoms with E-state index in [1.807, 2.05) is 5.38 Å². The van der Waals surface area contributed by atoms with Crippen molar-refractivity contribution in [3.05, 3.63) is 46.2 Å². The van der Waals surface area contributed by atoms with Crippen molar-refractivity contribution in [1.29, 1.82) is 0 Å². The highest BCUT2D eigenvalue weighted by atomic mass is 32.1. The van der Waals surface area contributed by atoms with E-state index in [1.165, 1.54) is 23.5 Å². The number of halogens is 1. The van der Waals surface area contributed by atoms with Crippen LogP contribution in [0.5, 0.6) is 0 Å². The third-order valence-corrected chi connectivity index (χ3v) is 3.05. The third kappa shape index (κ3) is 2.98. The molecule has 88 valence electrons. The average Bonchev–Trinajstić information content (AvgIpc) is 2.80. The molecule has 0 radical (unpaired) electrons. The predicted octanol–water partition coefficient (Wildman–Crippen LogP) is 2.53. The van der Waals surface area contributed by atoms with Crippen LogP contribution in [-0.2, 0) is 6.54 Å². The summed E-state index contributed by atoms with van der Waals surface area (Å²) in [4.78, 5) is 4.31. The Bertz CT molecular complexity index is 526. The number of nitrogens with two attached hydrogens (primary N) is 1. The molecule has 17 heavy (non-hydrogen) atoms. The highest BCUT2D eigenvalue weighted by Crippen LogP contribution is 2.18. The molecule has 0 saturated carbocycles. The fourth-order valence-corrected chi connectivity index (χ4v) is 2.11. The van der Waals surface area contributed by atoms with Gasteiger partial charge in [0.1, 0.15) is 10.8 Å². The minimum atomic E-state index is -0.355. The van der Waals surface area contributed by atoms with Gasteiger partial charge in [0.15, 0.2) is 0 Å². The summed E-state index contributed by atoms with van der Waals surface area (Å²) in [7, 11) is 0. The quantitative estimate of drug-likeness (QED) is 0.836. The molecule has 3 N–H and O–H groups in total. The topological polar surface area (TPSA) is 50.9 Å². The molecule has 0 aliphatic carbocycles. The number of nitrogens with one attached hydrogen (secondary N) is 1. The maximum atomic E-state index is 13.1. The van der Waals surface area contributed by atoms with E-state index < -0.39 is 0 Å². The normalized spacial score (nSPS) is 10.2. The van der Waals surface area contributed by atoms with E-state index in [-0.39, 0.29) is 10.8 Å². The second kappa shape index (κ2) is 5.20. The monoisotopic (exact) mass is 267 g/mol. The Hall–Kier alpha value is -1.53. The summed E-state index contributed by atoms with van der Waals surface area (Å²) in [5, 5.41) is 5.08. The molecule has 1 aromatic heterocycles. The molecule has 1 aromatic carbocycles. The number of benzene rings is 1. The van der Waals surface area contributed by atoms with Gasteiger partial charge in [0.2, 0.25) is 0 Å². The zero-order chi connectivity index (χ0) is 12.3. The van der Waals surface area contributed by atoms with E-state index >= 15 is 0 Å². The lowest BCUT2D eigenvalue weighted by Gasteiger charge is -2.10. The summed E-state index contributed by atoms with van der Waals surface area (Å²) in [6, 6.07) is 4.31. The van der Waals surface area contributed by atoms with Crippen molar-refractivity contribution in [3.63, 3.8) is 0 Å². The summed E-state index contributed by atoms with van der Waals surface area (Å²) < 4.78 is 13.1. The van der Waals surface area contributed by atoms with E-state index in [1.54, 1.807) is 11.6 Å². The standard InChI is InChI=1S/C11H10FN3S2/c12-7-1-2-10(9(3-7)11(13)16)14-4-8-5-17-6-15-8/h1-3,5-6,14H,4H2,(H2,13,16). The Kier molecular flexibility index (Phi) is 3.65. The highest BCUT2D eigenvalue weighted by Gasteiger charge is 2.06. The summed E-state index contributed by atoms with van der Waals surface area (Å²) in [6.07, 6.45) is 0. The summed E-state index contributed by atoms with van der Waals surface area (Å²) in [5.41, 5.74) is 9.45. The van der Waals surface area contributed by atoms with Gasteiger partial charge < -0.3 is 11.1 Å².